The van der Waals surface area contributed by atoms with E-state index in [0.29, 0.717) is 50.0 Å². The fourth-order valence-electron chi connectivity index (χ4n) is 2.36. The Morgan fingerprint density at radius 2 is 2.00 bits per heavy atom. The third kappa shape index (κ3) is 2.51. The standard InChI is InChI=1S/C14H17NO4/c1-10-9-15(4-5-17-10)14(16)11-2-3-12-13(8-11)19-7-6-18-12/h2-3,8,10H,4-7,9H2,1H3. The molecule has 1 amide bonds. The van der Waals surface area contributed by atoms with Crippen molar-refractivity contribution in [2.45, 2.75) is 13.0 Å². The minimum Gasteiger partial charge on any atom is -0.486 e. The van der Waals surface area contributed by atoms with E-state index in [-0.39, 0.29) is 12.0 Å². The Hall–Kier alpha value is -1.75. The molecule has 2 aliphatic heterocycles. The summed E-state index contributed by atoms with van der Waals surface area (Å²) in [4.78, 5) is 14.2. The number of hydrogen-bond donors (Lipinski definition) is 0. The molecule has 1 unspecified atom stereocenters. The Labute approximate surface area is 112 Å². The highest BCUT2D eigenvalue weighted by Gasteiger charge is 2.23. The number of ether oxygens (including phenoxy) is 3. The summed E-state index contributed by atoms with van der Waals surface area (Å²) in [5.41, 5.74) is 0.637. The van der Waals surface area contributed by atoms with Crippen LogP contribution in [0.5, 0.6) is 11.5 Å². The van der Waals surface area contributed by atoms with Crippen molar-refractivity contribution in [1.29, 1.82) is 0 Å². The van der Waals surface area contributed by atoms with Crippen LogP contribution in [0.1, 0.15) is 17.3 Å². The normalized spacial score (nSPS) is 22.2. The highest BCUT2D eigenvalue weighted by atomic mass is 16.6. The Bertz CT molecular complexity index is 488. The number of carbonyl (C=O) groups is 1. The van der Waals surface area contributed by atoms with Crippen molar-refractivity contribution in [2.75, 3.05) is 32.9 Å². The molecule has 0 radical (unpaired) electrons. The van der Waals surface area contributed by atoms with E-state index in [4.69, 9.17) is 14.2 Å². The first-order valence-corrected chi connectivity index (χ1v) is 6.54. The van der Waals surface area contributed by atoms with Gasteiger partial charge in [-0.1, -0.05) is 0 Å². The summed E-state index contributed by atoms with van der Waals surface area (Å²) < 4.78 is 16.4. The van der Waals surface area contributed by atoms with Crippen molar-refractivity contribution in [3.63, 3.8) is 0 Å². The minimum absolute atomic E-state index is 0.0205. The molecule has 5 heteroatoms. The molecule has 5 nitrogen and oxygen atoms in total. The Morgan fingerprint density at radius 1 is 1.21 bits per heavy atom. The van der Waals surface area contributed by atoms with Crippen LogP contribution in [0.25, 0.3) is 0 Å². The summed E-state index contributed by atoms with van der Waals surface area (Å²) in [5, 5.41) is 0. The highest BCUT2D eigenvalue weighted by Crippen LogP contribution is 2.31. The lowest BCUT2D eigenvalue weighted by Crippen LogP contribution is -2.44. The molecule has 0 aromatic heterocycles. The van der Waals surface area contributed by atoms with Gasteiger partial charge in [0.1, 0.15) is 13.2 Å². The second-order valence-electron chi connectivity index (χ2n) is 4.79. The van der Waals surface area contributed by atoms with E-state index in [1.165, 1.54) is 0 Å². The molecule has 1 aromatic rings. The highest BCUT2D eigenvalue weighted by molar-refractivity contribution is 5.95. The van der Waals surface area contributed by atoms with Gasteiger partial charge in [0.05, 0.1) is 12.7 Å². The van der Waals surface area contributed by atoms with Gasteiger partial charge in [-0.25, -0.2) is 0 Å². The van der Waals surface area contributed by atoms with Crippen LogP contribution in [0.4, 0.5) is 0 Å². The second kappa shape index (κ2) is 5.09. The number of hydrogen-bond acceptors (Lipinski definition) is 4. The topological polar surface area (TPSA) is 48.0 Å². The van der Waals surface area contributed by atoms with E-state index in [2.05, 4.69) is 0 Å². The van der Waals surface area contributed by atoms with Gasteiger partial charge in [0.25, 0.3) is 5.91 Å². The van der Waals surface area contributed by atoms with E-state index >= 15 is 0 Å². The van der Waals surface area contributed by atoms with Crippen molar-refractivity contribution >= 4 is 5.91 Å². The molecule has 1 atom stereocenters. The average Bonchev–Trinajstić information content (AvgIpc) is 2.46. The number of nitrogens with zero attached hydrogens (tertiary/aromatic N) is 1. The summed E-state index contributed by atoms with van der Waals surface area (Å²) >= 11 is 0. The first-order chi connectivity index (χ1) is 9.24. The lowest BCUT2D eigenvalue weighted by Gasteiger charge is -2.31. The van der Waals surface area contributed by atoms with Gasteiger partial charge in [-0.2, -0.15) is 0 Å². The van der Waals surface area contributed by atoms with Gasteiger partial charge in [0, 0.05) is 18.7 Å². The summed E-state index contributed by atoms with van der Waals surface area (Å²) in [7, 11) is 0. The second-order valence-corrected chi connectivity index (χ2v) is 4.79. The lowest BCUT2D eigenvalue weighted by atomic mass is 10.1. The maximum Gasteiger partial charge on any atom is 0.254 e. The largest absolute Gasteiger partial charge is 0.486 e. The molecule has 0 spiro atoms. The first kappa shape index (κ1) is 12.3. The third-order valence-electron chi connectivity index (χ3n) is 3.32. The number of morpholine rings is 1. The Balaban J connectivity index is 1.79. The maximum absolute atomic E-state index is 12.4. The predicted octanol–water partition coefficient (Wildman–Crippen LogP) is 1.32. The lowest BCUT2D eigenvalue weighted by molar-refractivity contribution is -0.0124. The molecule has 0 saturated carbocycles. The summed E-state index contributed by atoms with van der Waals surface area (Å²) in [6, 6.07) is 5.35. The zero-order chi connectivity index (χ0) is 13.2. The Morgan fingerprint density at radius 3 is 2.79 bits per heavy atom. The van der Waals surface area contributed by atoms with E-state index < -0.39 is 0 Å². The molecule has 2 aliphatic rings. The van der Waals surface area contributed by atoms with Crippen molar-refractivity contribution < 1.29 is 19.0 Å². The monoisotopic (exact) mass is 263 g/mol. The number of rotatable bonds is 1. The summed E-state index contributed by atoms with van der Waals surface area (Å²) in [6.45, 7) is 4.92. The fraction of sp³-hybridized carbons (Fsp3) is 0.500. The van der Waals surface area contributed by atoms with Gasteiger partial charge in [0.2, 0.25) is 0 Å². The van der Waals surface area contributed by atoms with Gasteiger partial charge < -0.3 is 19.1 Å². The minimum atomic E-state index is 0.0205. The smallest absolute Gasteiger partial charge is 0.254 e. The number of carbonyl (C=O) groups excluding carboxylic acids is 1. The molecule has 0 N–H and O–H groups in total. The predicted molar refractivity (Wildman–Crippen MR) is 68.7 cm³/mol. The van der Waals surface area contributed by atoms with Crippen LogP contribution in [0.2, 0.25) is 0 Å². The molecule has 19 heavy (non-hydrogen) atoms. The maximum atomic E-state index is 12.4. The van der Waals surface area contributed by atoms with E-state index in [1.807, 2.05) is 11.8 Å². The summed E-state index contributed by atoms with van der Waals surface area (Å²) in [5.74, 6) is 1.38. The van der Waals surface area contributed by atoms with E-state index in [0.717, 1.165) is 0 Å². The van der Waals surface area contributed by atoms with Crippen LogP contribution >= 0.6 is 0 Å². The van der Waals surface area contributed by atoms with Crippen LogP contribution < -0.4 is 9.47 Å². The number of fused-ring (bicyclic) bond motifs is 1. The van der Waals surface area contributed by atoms with Crippen molar-refractivity contribution in [1.82, 2.24) is 4.90 Å². The quantitative estimate of drug-likeness (QED) is 0.766. The zero-order valence-electron chi connectivity index (χ0n) is 10.9. The van der Waals surface area contributed by atoms with Crippen LogP contribution in [0, 0.1) is 0 Å². The molecular formula is C14H17NO4. The SMILES string of the molecule is CC1CN(C(=O)c2ccc3c(c2)OCCO3)CCO1. The molecular weight excluding hydrogens is 246 g/mol. The molecule has 1 saturated heterocycles. The number of benzene rings is 1. The average molecular weight is 263 g/mol. The van der Waals surface area contributed by atoms with Crippen LogP contribution in [0.15, 0.2) is 18.2 Å². The molecule has 1 fully saturated rings. The van der Waals surface area contributed by atoms with Gasteiger partial charge in [-0.05, 0) is 25.1 Å². The van der Waals surface area contributed by atoms with Gasteiger partial charge in [-0.3, -0.25) is 4.79 Å². The molecule has 3 rings (SSSR count). The Kier molecular flexibility index (Phi) is 3.29. The van der Waals surface area contributed by atoms with Crippen molar-refractivity contribution in [3.05, 3.63) is 23.8 Å². The van der Waals surface area contributed by atoms with E-state index in [9.17, 15) is 4.79 Å². The third-order valence-corrected chi connectivity index (χ3v) is 3.32. The summed E-state index contributed by atoms with van der Waals surface area (Å²) in [6.07, 6.45) is 0.0925. The zero-order valence-corrected chi connectivity index (χ0v) is 10.9. The molecule has 102 valence electrons. The van der Waals surface area contributed by atoms with E-state index in [1.54, 1.807) is 18.2 Å². The van der Waals surface area contributed by atoms with Crippen molar-refractivity contribution in [2.24, 2.45) is 0 Å². The molecule has 0 aliphatic carbocycles. The van der Waals surface area contributed by atoms with Crippen LogP contribution in [-0.4, -0.2) is 49.8 Å². The van der Waals surface area contributed by atoms with Crippen molar-refractivity contribution in [3.8, 4) is 11.5 Å². The van der Waals surface area contributed by atoms with Gasteiger partial charge in [-0.15, -0.1) is 0 Å². The molecule has 1 aromatic carbocycles. The fourth-order valence-corrected chi connectivity index (χ4v) is 2.36. The number of amides is 1. The molecule has 0 bridgehead atoms. The van der Waals surface area contributed by atoms with Crippen LogP contribution in [0.3, 0.4) is 0 Å². The van der Waals surface area contributed by atoms with Gasteiger partial charge in [0.15, 0.2) is 11.5 Å². The molecule has 2 heterocycles. The van der Waals surface area contributed by atoms with Gasteiger partial charge >= 0.3 is 0 Å². The van der Waals surface area contributed by atoms with Crippen LogP contribution in [-0.2, 0) is 4.74 Å². The first-order valence-electron chi connectivity index (χ1n) is 6.54.